The first kappa shape index (κ1) is 20.5. The summed E-state index contributed by atoms with van der Waals surface area (Å²) in [5.41, 5.74) is 4.69. The van der Waals surface area contributed by atoms with Crippen LogP contribution in [0.4, 0.5) is 0 Å². The Balaban J connectivity index is 1.99. The number of nitrogens with zero attached hydrogens (tertiary/aromatic N) is 2. The van der Waals surface area contributed by atoms with E-state index in [4.69, 9.17) is 14.3 Å². The predicted molar refractivity (Wildman–Crippen MR) is 112 cm³/mol. The molecule has 0 unspecified atom stereocenters. The van der Waals surface area contributed by atoms with Crippen LogP contribution in [0.15, 0.2) is 42.5 Å². The summed E-state index contributed by atoms with van der Waals surface area (Å²) >= 11 is 0. The number of rotatable bonds is 6. The molecule has 3 rings (SSSR count). The molecule has 1 saturated heterocycles. The van der Waals surface area contributed by atoms with E-state index < -0.39 is 0 Å². The molecule has 5 nitrogen and oxygen atoms in total. The van der Waals surface area contributed by atoms with Gasteiger partial charge in [0.25, 0.3) is 5.71 Å². The van der Waals surface area contributed by atoms with Gasteiger partial charge in [0.15, 0.2) is 6.61 Å². The van der Waals surface area contributed by atoms with Crippen molar-refractivity contribution in [1.82, 2.24) is 5.01 Å². The number of benzene rings is 1. The molecule has 0 bridgehead atoms. The van der Waals surface area contributed by atoms with Crippen LogP contribution in [-0.4, -0.2) is 55.6 Å². The van der Waals surface area contributed by atoms with Crippen molar-refractivity contribution in [2.75, 3.05) is 40.0 Å². The Morgan fingerprint density at radius 2 is 2.00 bits per heavy atom. The highest BCUT2D eigenvalue weighted by Gasteiger charge is 2.36. The van der Waals surface area contributed by atoms with Crippen LogP contribution < -0.4 is 4.74 Å². The second kappa shape index (κ2) is 8.82. The summed E-state index contributed by atoms with van der Waals surface area (Å²) in [6, 6.07) is 8.11. The smallest absolute Gasteiger partial charge is 0.264 e. The van der Waals surface area contributed by atoms with Crippen molar-refractivity contribution < 1.29 is 19.2 Å². The lowest BCUT2D eigenvalue weighted by atomic mass is 9.74. The van der Waals surface area contributed by atoms with E-state index in [1.807, 2.05) is 30.0 Å². The number of hydrogen-bond donors (Lipinski definition) is 0. The van der Waals surface area contributed by atoms with E-state index in [1.165, 1.54) is 11.3 Å². The highest BCUT2D eigenvalue weighted by Crippen LogP contribution is 2.39. The van der Waals surface area contributed by atoms with E-state index in [0.29, 0.717) is 6.61 Å². The number of hydrazone groups is 1. The third-order valence-electron chi connectivity index (χ3n) is 5.22. The van der Waals surface area contributed by atoms with Crippen LogP contribution in [0.1, 0.15) is 39.2 Å². The fourth-order valence-corrected chi connectivity index (χ4v) is 3.89. The summed E-state index contributed by atoms with van der Waals surface area (Å²) in [6.07, 6.45) is 4.20. The Kier molecular flexibility index (Phi) is 6.45. The Hall–Kier alpha value is -2.27. The average Bonchev–Trinajstić information content (AvgIpc) is 2.71. The average molecular weight is 386 g/mol. The van der Waals surface area contributed by atoms with Crippen LogP contribution in [0, 0.1) is 5.41 Å². The maximum Gasteiger partial charge on any atom is 0.264 e. The molecule has 1 fully saturated rings. The fraction of sp³-hybridized carbons (Fsp3) is 0.522. The van der Waals surface area contributed by atoms with Crippen molar-refractivity contribution in [3.63, 3.8) is 0 Å². The minimum absolute atomic E-state index is 0.128. The topological polar surface area (TPSA) is 33.9 Å². The SMILES string of the molecule is C=C(C1=C/C(=[N+](/OCC)N2CCOCC2)CC(C)(C)C1)c1cccc(OC)c1. The molecule has 1 aliphatic heterocycles. The van der Waals surface area contributed by atoms with Crippen molar-refractivity contribution in [2.24, 2.45) is 5.41 Å². The molecule has 0 radical (unpaired) electrons. The maximum absolute atomic E-state index is 6.06. The van der Waals surface area contributed by atoms with Gasteiger partial charge >= 0.3 is 0 Å². The summed E-state index contributed by atoms with van der Waals surface area (Å²) < 4.78 is 10.9. The molecule has 2 aliphatic rings. The zero-order valence-electron chi connectivity index (χ0n) is 17.7. The number of methoxy groups -OCH3 is 1. The molecule has 1 aromatic carbocycles. The normalized spacial score (nSPS) is 21.0. The highest BCUT2D eigenvalue weighted by atomic mass is 16.7. The first-order valence-corrected chi connectivity index (χ1v) is 10.1. The van der Waals surface area contributed by atoms with E-state index in [-0.39, 0.29) is 5.41 Å². The van der Waals surface area contributed by atoms with Crippen LogP contribution in [0.5, 0.6) is 5.75 Å². The van der Waals surface area contributed by atoms with Gasteiger partial charge < -0.3 is 9.47 Å². The minimum Gasteiger partial charge on any atom is -0.497 e. The van der Waals surface area contributed by atoms with Gasteiger partial charge in [0, 0.05) is 12.5 Å². The number of hydrogen-bond acceptors (Lipinski definition) is 4. The van der Waals surface area contributed by atoms with Crippen molar-refractivity contribution in [1.29, 1.82) is 0 Å². The highest BCUT2D eigenvalue weighted by molar-refractivity contribution is 5.97. The molecular weight excluding hydrogens is 352 g/mol. The Morgan fingerprint density at radius 1 is 1.25 bits per heavy atom. The standard InChI is InChI=1S/C23H33N2O3/c1-6-28-25(24-10-12-27-13-11-24)21-14-20(16-23(3,4)17-21)18(2)19-8-7-9-22(15-19)26-5/h7-9,14-15H,2,6,10-13,16-17H2,1,3-5H3/q+1/b25-21-. The molecule has 152 valence electrons. The molecule has 28 heavy (non-hydrogen) atoms. The van der Waals surface area contributed by atoms with Gasteiger partial charge in [-0.25, -0.2) is 4.84 Å². The molecule has 1 heterocycles. The molecule has 0 atom stereocenters. The summed E-state index contributed by atoms with van der Waals surface area (Å²) in [6.45, 7) is 14.8. The third kappa shape index (κ3) is 4.76. The third-order valence-corrected chi connectivity index (χ3v) is 5.22. The largest absolute Gasteiger partial charge is 0.497 e. The molecule has 1 aliphatic carbocycles. The second-order valence-electron chi connectivity index (χ2n) is 8.15. The van der Waals surface area contributed by atoms with E-state index in [0.717, 1.165) is 56.0 Å². The number of allylic oxidation sites excluding steroid dienone is 3. The lowest BCUT2D eigenvalue weighted by Gasteiger charge is -2.31. The predicted octanol–water partition coefficient (Wildman–Crippen LogP) is 4.11. The monoisotopic (exact) mass is 385 g/mol. The van der Waals surface area contributed by atoms with Gasteiger partial charge in [-0.15, -0.1) is 5.01 Å². The quantitative estimate of drug-likeness (QED) is 0.545. The molecule has 0 saturated carbocycles. The molecular formula is C23H33N2O3+. The van der Waals surface area contributed by atoms with Crippen molar-refractivity contribution in [3.8, 4) is 5.75 Å². The Morgan fingerprint density at radius 3 is 2.68 bits per heavy atom. The number of ether oxygens (including phenoxy) is 2. The Bertz CT molecular complexity index is 774. The summed E-state index contributed by atoms with van der Waals surface area (Å²) in [5.74, 6) is 0.850. The molecule has 5 heteroatoms. The molecule has 0 N–H and O–H groups in total. The maximum atomic E-state index is 6.06. The van der Waals surface area contributed by atoms with Gasteiger partial charge in [0.05, 0.1) is 25.2 Å². The van der Waals surface area contributed by atoms with E-state index in [9.17, 15) is 0 Å². The lowest BCUT2D eigenvalue weighted by Crippen LogP contribution is -2.47. The van der Waals surface area contributed by atoms with Crippen LogP contribution in [-0.2, 0) is 9.57 Å². The van der Waals surface area contributed by atoms with Gasteiger partial charge in [0.1, 0.15) is 18.8 Å². The molecule has 0 aromatic heterocycles. The second-order valence-corrected chi connectivity index (χ2v) is 8.15. The molecule has 1 aromatic rings. The van der Waals surface area contributed by atoms with Crippen LogP contribution in [0.2, 0.25) is 0 Å². The first-order valence-electron chi connectivity index (χ1n) is 10.1. The van der Waals surface area contributed by atoms with Gasteiger partial charge in [-0.05, 0) is 47.6 Å². The van der Waals surface area contributed by atoms with Crippen molar-refractivity contribution in [2.45, 2.75) is 33.6 Å². The molecule has 0 amide bonds. The minimum atomic E-state index is 0.128. The summed E-state index contributed by atoms with van der Waals surface area (Å²) in [5, 5.41) is 2.24. The van der Waals surface area contributed by atoms with Crippen LogP contribution >= 0.6 is 0 Å². The summed E-state index contributed by atoms with van der Waals surface area (Å²) in [4.78, 5) is 8.06. The van der Waals surface area contributed by atoms with E-state index in [2.05, 4.69) is 37.6 Å². The van der Waals surface area contributed by atoms with E-state index >= 15 is 0 Å². The first-order chi connectivity index (χ1) is 13.4. The molecule has 0 spiro atoms. The fourth-order valence-electron chi connectivity index (χ4n) is 3.89. The van der Waals surface area contributed by atoms with Gasteiger partial charge in [-0.2, -0.15) is 0 Å². The van der Waals surface area contributed by atoms with Crippen LogP contribution in [0.3, 0.4) is 0 Å². The van der Waals surface area contributed by atoms with E-state index in [1.54, 1.807) is 7.11 Å². The van der Waals surface area contributed by atoms with Crippen LogP contribution in [0.25, 0.3) is 5.57 Å². The Labute approximate surface area is 168 Å². The van der Waals surface area contributed by atoms with Gasteiger partial charge in [-0.1, -0.05) is 32.6 Å². The van der Waals surface area contributed by atoms with Gasteiger partial charge in [0.2, 0.25) is 0 Å². The van der Waals surface area contributed by atoms with Gasteiger partial charge in [-0.3, -0.25) is 0 Å². The number of hydrazine groups is 1. The zero-order valence-corrected chi connectivity index (χ0v) is 17.7. The summed E-state index contributed by atoms with van der Waals surface area (Å²) in [7, 11) is 1.69. The van der Waals surface area contributed by atoms with Crippen molar-refractivity contribution in [3.05, 3.63) is 48.1 Å². The zero-order chi connectivity index (χ0) is 20.1. The van der Waals surface area contributed by atoms with Crippen molar-refractivity contribution >= 4 is 11.3 Å². The lowest BCUT2D eigenvalue weighted by molar-refractivity contribution is -0.897. The number of morpholine rings is 1.